The Labute approximate surface area is 160 Å². The van der Waals surface area contributed by atoms with E-state index in [1.807, 2.05) is 38.1 Å². The molecule has 1 aliphatic heterocycles. The number of aromatic nitrogens is 2. The Bertz CT molecular complexity index is 1110. The Morgan fingerprint density at radius 1 is 1.33 bits per heavy atom. The number of benzene rings is 1. The van der Waals surface area contributed by atoms with Crippen LogP contribution in [0.4, 0.5) is 0 Å². The van der Waals surface area contributed by atoms with E-state index in [4.69, 9.17) is 4.74 Å². The van der Waals surface area contributed by atoms with Gasteiger partial charge in [-0.05, 0) is 39.3 Å². The first kappa shape index (κ1) is 17.7. The van der Waals surface area contributed by atoms with Gasteiger partial charge in [-0.3, -0.25) is 9.59 Å². The first-order valence-electron chi connectivity index (χ1n) is 8.84. The molecular weight excluding hydrogens is 362 g/mol. The molecule has 0 spiro atoms. The van der Waals surface area contributed by atoms with Crippen LogP contribution >= 0.6 is 11.3 Å². The van der Waals surface area contributed by atoms with Crippen LogP contribution in [0.1, 0.15) is 52.9 Å². The van der Waals surface area contributed by atoms with E-state index < -0.39 is 0 Å². The van der Waals surface area contributed by atoms with Crippen molar-refractivity contribution in [2.45, 2.75) is 45.8 Å². The van der Waals surface area contributed by atoms with E-state index >= 15 is 0 Å². The van der Waals surface area contributed by atoms with Gasteiger partial charge in [-0.2, -0.15) is 0 Å². The summed E-state index contributed by atoms with van der Waals surface area (Å²) in [6.45, 7) is 7.55. The summed E-state index contributed by atoms with van der Waals surface area (Å²) in [5.74, 6) is 1.15. The van der Waals surface area contributed by atoms with Gasteiger partial charge in [0.15, 0.2) is 0 Å². The Kier molecular flexibility index (Phi) is 4.07. The van der Waals surface area contributed by atoms with Gasteiger partial charge in [0.1, 0.15) is 22.0 Å². The van der Waals surface area contributed by atoms with Crippen LogP contribution in [0.5, 0.6) is 5.75 Å². The first-order chi connectivity index (χ1) is 12.7. The predicted octanol–water partition coefficient (Wildman–Crippen LogP) is 3.63. The number of amides is 1. The molecule has 7 heteroatoms. The Balaban J connectivity index is 1.71. The Morgan fingerprint density at radius 3 is 2.85 bits per heavy atom. The molecule has 6 nitrogen and oxygen atoms in total. The number of hydrogen-bond acceptors (Lipinski definition) is 5. The van der Waals surface area contributed by atoms with Crippen LogP contribution in [0.25, 0.3) is 10.2 Å². The van der Waals surface area contributed by atoms with Gasteiger partial charge in [0.05, 0.1) is 16.3 Å². The topological polar surface area (TPSA) is 84.1 Å². The zero-order chi connectivity index (χ0) is 19.3. The minimum absolute atomic E-state index is 0.157. The standard InChI is InChI=1S/C20H21N3O3S/c1-10-15-17(24)21-11(2)22-19(15)27-16(10)18(25)23-13-9-20(3,4)26-14-8-6-5-7-12(13)14/h5-8,13H,9H2,1-4H3,(H,23,25)(H,21,22,24)/t13-/m0/s1. The summed E-state index contributed by atoms with van der Waals surface area (Å²) in [5, 5.41) is 3.62. The Morgan fingerprint density at radius 2 is 2.07 bits per heavy atom. The van der Waals surface area contributed by atoms with Crippen molar-refractivity contribution in [3.05, 3.63) is 56.4 Å². The van der Waals surface area contributed by atoms with Gasteiger partial charge in [0.2, 0.25) is 0 Å². The molecule has 1 aromatic carbocycles. The second-order valence-corrected chi connectivity index (χ2v) is 8.52. The third-order valence-electron chi connectivity index (χ3n) is 4.81. The highest BCUT2D eigenvalue weighted by atomic mass is 32.1. The molecule has 0 aliphatic carbocycles. The summed E-state index contributed by atoms with van der Waals surface area (Å²) in [6.07, 6.45) is 0.664. The van der Waals surface area contributed by atoms with Crippen molar-refractivity contribution in [1.29, 1.82) is 0 Å². The van der Waals surface area contributed by atoms with E-state index in [-0.39, 0.29) is 23.1 Å². The molecule has 1 amide bonds. The van der Waals surface area contributed by atoms with Crippen molar-refractivity contribution in [3.8, 4) is 5.75 Å². The SMILES string of the molecule is Cc1nc2sc(C(=O)N[C@H]3CC(C)(C)Oc4ccccc43)c(C)c2c(=O)[nH]1. The van der Waals surface area contributed by atoms with E-state index in [9.17, 15) is 9.59 Å². The molecule has 1 aliphatic rings. The largest absolute Gasteiger partial charge is 0.487 e. The summed E-state index contributed by atoms with van der Waals surface area (Å²) in [6, 6.07) is 7.61. The maximum atomic E-state index is 13.0. The molecule has 0 unspecified atom stereocenters. The molecule has 140 valence electrons. The molecular formula is C20H21N3O3S. The molecule has 27 heavy (non-hydrogen) atoms. The molecule has 4 rings (SSSR count). The number of ether oxygens (including phenoxy) is 1. The van der Waals surface area contributed by atoms with E-state index in [1.54, 1.807) is 13.8 Å². The molecule has 0 fully saturated rings. The lowest BCUT2D eigenvalue weighted by atomic mass is 9.89. The fourth-order valence-corrected chi connectivity index (χ4v) is 4.75. The van der Waals surface area contributed by atoms with Crippen LogP contribution in [0, 0.1) is 13.8 Å². The fraction of sp³-hybridized carbons (Fsp3) is 0.350. The van der Waals surface area contributed by atoms with Crippen molar-refractivity contribution >= 4 is 27.5 Å². The average Bonchev–Trinajstić information content (AvgIpc) is 2.90. The number of aryl methyl sites for hydroxylation is 2. The molecule has 0 saturated heterocycles. The number of hydrogen-bond donors (Lipinski definition) is 2. The molecule has 0 saturated carbocycles. The highest BCUT2D eigenvalue weighted by Gasteiger charge is 2.35. The minimum atomic E-state index is -0.378. The van der Waals surface area contributed by atoms with Crippen LogP contribution in [-0.4, -0.2) is 21.5 Å². The number of thiophene rings is 1. The van der Waals surface area contributed by atoms with Crippen molar-refractivity contribution in [3.63, 3.8) is 0 Å². The summed E-state index contributed by atoms with van der Waals surface area (Å²) in [7, 11) is 0. The summed E-state index contributed by atoms with van der Waals surface area (Å²) in [4.78, 5) is 33.5. The maximum absolute atomic E-state index is 13.0. The highest BCUT2D eigenvalue weighted by Crippen LogP contribution is 2.39. The number of carbonyl (C=O) groups is 1. The number of para-hydroxylation sites is 1. The maximum Gasteiger partial charge on any atom is 0.262 e. The zero-order valence-electron chi connectivity index (χ0n) is 15.7. The molecule has 3 heterocycles. The molecule has 2 N–H and O–H groups in total. The summed E-state index contributed by atoms with van der Waals surface area (Å²) < 4.78 is 6.03. The lowest BCUT2D eigenvalue weighted by molar-refractivity contribution is 0.0621. The van der Waals surface area contributed by atoms with Gasteiger partial charge >= 0.3 is 0 Å². The van der Waals surface area contributed by atoms with E-state index in [0.717, 1.165) is 11.3 Å². The molecule has 1 atom stereocenters. The monoisotopic (exact) mass is 383 g/mol. The van der Waals surface area contributed by atoms with E-state index in [1.165, 1.54) is 11.3 Å². The van der Waals surface area contributed by atoms with Crippen molar-refractivity contribution in [2.24, 2.45) is 0 Å². The molecule has 2 aromatic heterocycles. The van der Waals surface area contributed by atoms with Gasteiger partial charge in [0.25, 0.3) is 11.5 Å². The van der Waals surface area contributed by atoms with Crippen LogP contribution in [-0.2, 0) is 0 Å². The number of nitrogens with one attached hydrogen (secondary N) is 2. The molecule has 0 bridgehead atoms. The van der Waals surface area contributed by atoms with Gasteiger partial charge < -0.3 is 15.0 Å². The normalized spacial score (nSPS) is 18.0. The number of aromatic amines is 1. The van der Waals surface area contributed by atoms with Crippen LogP contribution in [0.15, 0.2) is 29.1 Å². The number of rotatable bonds is 2. The highest BCUT2D eigenvalue weighted by molar-refractivity contribution is 7.20. The van der Waals surface area contributed by atoms with E-state index in [2.05, 4.69) is 15.3 Å². The summed E-state index contributed by atoms with van der Waals surface area (Å²) >= 11 is 1.26. The van der Waals surface area contributed by atoms with Crippen LogP contribution in [0.2, 0.25) is 0 Å². The zero-order valence-corrected chi connectivity index (χ0v) is 16.5. The quantitative estimate of drug-likeness (QED) is 0.708. The first-order valence-corrected chi connectivity index (χ1v) is 9.65. The second-order valence-electron chi connectivity index (χ2n) is 7.52. The summed E-state index contributed by atoms with van der Waals surface area (Å²) in [5.41, 5.74) is 1.05. The van der Waals surface area contributed by atoms with E-state index in [0.29, 0.717) is 32.9 Å². The number of nitrogens with zero attached hydrogens (tertiary/aromatic N) is 1. The van der Waals surface area contributed by atoms with Gasteiger partial charge in [-0.15, -0.1) is 11.3 Å². The van der Waals surface area contributed by atoms with Crippen molar-refractivity contribution < 1.29 is 9.53 Å². The van der Waals surface area contributed by atoms with Crippen LogP contribution < -0.4 is 15.6 Å². The third kappa shape index (κ3) is 3.12. The van der Waals surface area contributed by atoms with Crippen molar-refractivity contribution in [2.75, 3.05) is 0 Å². The number of fused-ring (bicyclic) bond motifs is 2. The average molecular weight is 383 g/mol. The fourth-order valence-electron chi connectivity index (χ4n) is 3.62. The Hall–Kier alpha value is -2.67. The van der Waals surface area contributed by atoms with Gasteiger partial charge in [-0.25, -0.2) is 4.98 Å². The lowest BCUT2D eigenvalue weighted by Crippen LogP contribution is -2.41. The second kappa shape index (κ2) is 6.20. The van der Waals surface area contributed by atoms with Gasteiger partial charge in [0, 0.05) is 12.0 Å². The molecule has 3 aromatic rings. The van der Waals surface area contributed by atoms with Gasteiger partial charge in [-0.1, -0.05) is 18.2 Å². The van der Waals surface area contributed by atoms with Crippen LogP contribution in [0.3, 0.4) is 0 Å². The molecule has 0 radical (unpaired) electrons. The predicted molar refractivity (Wildman–Crippen MR) is 106 cm³/mol. The van der Waals surface area contributed by atoms with Crippen molar-refractivity contribution in [1.82, 2.24) is 15.3 Å². The smallest absolute Gasteiger partial charge is 0.262 e. The number of carbonyl (C=O) groups excluding carboxylic acids is 1. The lowest BCUT2D eigenvalue weighted by Gasteiger charge is -2.37. The number of H-pyrrole nitrogens is 1. The third-order valence-corrected chi connectivity index (χ3v) is 5.99. The minimum Gasteiger partial charge on any atom is -0.487 e.